The van der Waals surface area contributed by atoms with Gasteiger partial charge in [0.25, 0.3) is 5.91 Å². The maximum atomic E-state index is 12.4. The second-order valence-corrected chi connectivity index (χ2v) is 5.70. The summed E-state index contributed by atoms with van der Waals surface area (Å²) >= 11 is 11.9. The van der Waals surface area contributed by atoms with E-state index in [0.29, 0.717) is 32.8 Å². The summed E-state index contributed by atoms with van der Waals surface area (Å²) in [5.41, 5.74) is 0.772. The molecule has 0 radical (unpaired) electrons. The molecule has 128 valence electrons. The fraction of sp³-hybridized carbons (Fsp3) is 0.111. The lowest BCUT2D eigenvalue weighted by molar-refractivity contribution is -0.112. The van der Waals surface area contributed by atoms with Crippen LogP contribution in [-0.4, -0.2) is 20.1 Å². The van der Waals surface area contributed by atoms with Crippen molar-refractivity contribution < 1.29 is 14.3 Å². The van der Waals surface area contributed by atoms with Crippen molar-refractivity contribution in [3.63, 3.8) is 0 Å². The fourth-order valence-corrected chi connectivity index (χ4v) is 2.36. The highest BCUT2D eigenvalue weighted by Crippen LogP contribution is 2.28. The van der Waals surface area contributed by atoms with E-state index in [2.05, 4.69) is 5.32 Å². The zero-order valence-corrected chi connectivity index (χ0v) is 15.0. The molecule has 25 heavy (non-hydrogen) atoms. The minimum atomic E-state index is -0.607. The molecule has 7 heteroatoms. The van der Waals surface area contributed by atoms with E-state index in [-0.39, 0.29) is 5.57 Å². The number of methoxy groups -OCH3 is 2. The molecule has 0 saturated carbocycles. The maximum Gasteiger partial charge on any atom is 0.266 e. The van der Waals surface area contributed by atoms with Crippen LogP contribution in [0.15, 0.2) is 42.0 Å². The van der Waals surface area contributed by atoms with Crippen LogP contribution in [0.3, 0.4) is 0 Å². The van der Waals surface area contributed by atoms with Crippen LogP contribution in [0.1, 0.15) is 5.56 Å². The van der Waals surface area contributed by atoms with Gasteiger partial charge in [-0.15, -0.1) is 0 Å². The Bertz CT molecular complexity index is 873. The average molecular weight is 377 g/mol. The average Bonchev–Trinajstić information content (AvgIpc) is 2.62. The number of nitrogens with one attached hydrogen (secondary N) is 1. The lowest BCUT2D eigenvalue weighted by atomic mass is 10.1. The van der Waals surface area contributed by atoms with Crippen LogP contribution in [0.5, 0.6) is 11.5 Å². The quantitative estimate of drug-likeness (QED) is 0.613. The van der Waals surface area contributed by atoms with Gasteiger partial charge in [-0.05, 0) is 36.4 Å². The minimum Gasteiger partial charge on any atom is -0.497 e. The Hall–Kier alpha value is -2.68. The van der Waals surface area contributed by atoms with Crippen molar-refractivity contribution in [1.82, 2.24) is 0 Å². The summed E-state index contributed by atoms with van der Waals surface area (Å²) in [5, 5.41) is 12.6. The van der Waals surface area contributed by atoms with Gasteiger partial charge in [-0.2, -0.15) is 5.26 Å². The van der Waals surface area contributed by atoms with Crippen molar-refractivity contribution in [2.75, 3.05) is 19.5 Å². The van der Waals surface area contributed by atoms with Crippen molar-refractivity contribution in [2.24, 2.45) is 0 Å². The van der Waals surface area contributed by atoms with E-state index in [1.165, 1.54) is 26.4 Å². The van der Waals surface area contributed by atoms with Gasteiger partial charge in [-0.3, -0.25) is 4.79 Å². The standard InChI is InChI=1S/C18H14Cl2N2O3/c1-24-14-5-3-11(17(9-14)25-2)7-12(10-21)18(23)22-16-8-13(19)4-6-15(16)20/h3-9H,1-2H3,(H,22,23)/b12-7+. The van der Waals surface area contributed by atoms with Crippen LogP contribution < -0.4 is 14.8 Å². The number of amides is 1. The number of halogens is 2. The molecule has 0 spiro atoms. The zero-order valence-electron chi connectivity index (χ0n) is 13.5. The van der Waals surface area contributed by atoms with E-state index >= 15 is 0 Å². The van der Waals surface area contributed by atoms with Crippen LogP contribution in [0.2, 0.25) is 10.0 Å². The van der Waals surface area contributed by atoms with Crippen molar-refractivity contribution in [3.05, 3.63) is 57.6 Å². The molecule has 0 aliphatic heterocycles. The van der Waals surface area contributed by atoms with Crippen molar-refractivity contribution in [1.29, 1.82) is 5.26 Å². The first-order chi connectivity index (χ1) is 12.0. The predicted molar refractivity (Wildman–Crippen MR) is 98.2 cm³/mol. The summed E-state index contributed by atoms with van der Waals surface area (Å²) in [6.07, 6.45) is 1.42. The van der Waals surface area contributed by atoms with Crippen LogP contribution in [0, 0.1) is 11.3 Å². The van der Waals surface area contributed by atoms with E-state index in [9.17, 15) is 10.1 Å². The number of nitriles is 1. The highest BCUT2D eigenvalue weighted by Gasteiger charge is 2.13. The predicted octanol–water partition coefficient (Wildman–Crippen LogP) is 4.56. The Kier molecular flexibility index (Phi) is 6.29. The SMILES string of the molecule is COc1ccc(/C=C(\C#N)C(=O)Nc2cc(Cl)ccc2Cl)c(OC)c1. The summed E-state index contributed by atoms with van der Waals surface area (Å²) in [6.45, 7) is 0. The van der Waals surface area contributed by atoms with E-state index < -0.39 is 5.91 Å². The van der Waals surface area contributed by atoms with Crippen LogP contribution >= 0.6 is 23.2 Å². The number of carbonyl (C=O) groups excluding carboxylic acids is 1. The third kappa shape index (κ3) is 4.66. The van der Waals surface area contributed by atoms with Gasteiger partial charge in [0, 0.05) is 16.7 Å². The smallest absolute Gasteiger partial charge is 0.266 e. The molecule has 0 saturated heterocycles. The topological polar surface area (TPSA) is 71.3 Å². The first-order valence-corrected chi connectivity index (χ1v) is 7.84. The van der Waals surface area contributed by atoms with Crippen molar-refractivity contribution in [2.45, 2.75) is 0 Å². The number of hydrogen-bond acceptors (Lipinski definition) is 4. The molecule has 0 fully saturated rings. The lowest BCUT2D eigenvalue weighted by Crippen LogP contribution is -2.13. The van der Waals surface area contributed by atoms with Crippen LogP contribution in [-0.2, 0) is 4.79 Å². The first kappa shape index (κ1) is 18.7. The summed E-state index contributed by atoms with van der Waals surface area (Å²) in [5.74, 6) is 0.466. The summed E-state index contributed by atoms with van der Waals surface area (Å²) in [4.78, 5) is 12.4. The molecule has 2 aromatic carbocycles. The molecule has 5 nitrogen and oxygen atoms in total. The highest BCUT2D eigenvalue weighted by molar-refractivity contribution is 6.36. The maximum absolute atomic E-state index is 12.4. The zero-order chi connectivity index (χ0) is 18.4. The van der Waals surface area contributed by atoms with Gasteiger partial charge in [0.1, 0.15) is 23.1 Å². The van der Waals surface area contributed by atoms with Gasteiger partial charge >= 0.3 is 0 Å². The Labute approximate surface area is 155 Å². The molecule has 0 aliphatic carbocycles. The van der Waals surface area contributed by atoms with Gasteiger partial charge in [0.15, 0.2) is 0 Å². The molecule has 2 rings (SSSR count). The fourth-order valence-electron chi connectivity index (χ4n) is 2.02. The monoisotopic (exact) mass is 376 g/mol. The molecule has 1 amide bonds. The Morgan fingerprint density at radius 1 is 1.16 bits per heavy atom. The molecular formula is C18H14Cl2N2O3. The number of hydrogen-bond donors (Lipinski definition) is 1. The van der Waals surface area contributed by atoms with Gasteiger partial charge < -0.3 is 14.8 Å². The number of nitrogens with zero attached hydrogens (tertiary/aromatic N) is 1. The second kappa shape index (κ2) is 8.43. The Morgan fingerprint density at radius 2 is 1.92 bits per heavy atom. The number of anilines is 1. The summed E-state index contributed by atoms with van der Waals surface area (Å²) in [6, 6.07) is 11.6. The lowest BCUT2D eigenvalue weighted by Gasteiger charge is -2.09. The van der Waals surface area contributed by atoms with Gasteiger partial charge in [0.05, 0.1) is 24.9 Å². The van der Waals surface area contributed by atoms with E-state index in [4.69, 9.17) is 32.7 Å². The number of carbonyl (C=O) groups is 1. The molecular weight excluding hydrogens is 363 g/mol. The van der Waals surface area contributed by atoms with Crippen molar-refractivity contribution in [3.8, 4) is 17.6 Å². The second-order valence-electron chi connectivity index (χ2n) is 4.86. The van der Waals surface area contributed by atoms with E-state index in [1.54, 1.807) is 30.3 Å². The first-order valence-electron chi connectivity index (χ1n) is 7.08. The number of benzene rings is 2. The Balaban J connectivity index is 2.33. The Morgan fingerprint density at radius 3 is 2.56 bits per heavy atom. The highest BCUT2D eigenvalue weighted by atomic mass is 35.5. The van der Waals surface area contributed by atoms with E-state index in [1.807, 2.05) is 6.07 Å². The van der Waals surface area contributed by atoms with Crippen LogP contribution in [0.4, 0.5) is 5.69 Å². The largest absolute Gasteiger partial charge is 0.497 e. The number of ether oxygens (including phenoxy) is 2. The molecule has 0 aromatic heterocycles. The third-order valence-corrected chi connectivity index (χ3v) is 3.85. The van der Waals surface area contributed by atoms with Crippen LogP contribution in [0.25, 0.3) is 6.08 Å². The van der Waals surface area contributed by atoms with E-state index in [0.717, 1.165) is 0 Å². The number of rotatable bonds is 5. The van der Waals surface area contributed by atoms with Gasteiger partial charge in [-0.1, -0.05) is 23.2 Å². The molecule has 0 unspecified atom stereocenters. The summed E-state index contributed by atoms with van der Waals surface area (Å²) < 4.78 is 10.4. The molecule has 0 bridgehead atoms. The molecule has 2 aromatic rings. The third-order valence-electron chi connectivity index (χ3n) is 3.28. The van der Waals surface area contributed by atoms with Gasteiger partial charge in [-0.25, -0.2) is 0 Å². The molecule has 1 N–H and O–H groups in total. The normalized spacial score (nSPS) is 10.8. The molecule has 0 heterocycles. The minimum absolute atomic E-state index is 0.112. The summed E-state index contributed by atoms with van der Waals surface area (Å²) in [7, 11) is 3.02. The van der Waals surface area contributed by atoms with Gasteiger partial charge in [0.2, 0.25) is 0 Å². The molecule has 0 aliphatic rings. The molecule has 0 atom stereocenters. The van der Waals surface area contributed by atoms with Crippen molar-refractivity contribution >= 4 is 40.9 Å².